The Kier molecular flexibility index (Phi) is 5.66. The summed E-state index contributed by atoms with van der Waals surface area (Å²) in [6.45, 7) is 1.49. The molecule has 0 spiro atoms. The third kappa shape index (κ3) is 9.04. The highest BCUT2D eigenvalue weighted by Crippen LogP contribution is 2.43. The first-order valence-electron chi connectivity index (χ1n) is 5.69. The van der Waals surface area contributed by atoms with Crippen molar-refractivity contribution in [3.8, 4) is 0 Å². The van der Waals surface area contributed by atoms with Crippen LogP contribution in [0.4, 0.5) is 35.1 Å². The topological polar surface area (TPSA) is 0 Å². The lowest BCUT2D eigenvalue weighted by atomic mass is 9.97. The molecule has 0 amide bonds. The molecule has 0 aliphatic heterocycles. The summed E-state index contributed by atoms with van der Waals surface area (Å²) in [5.41, 5.74) is 0. The summed E-state index contributed by atoms with van der Waals surface area (Å²) >= 11 is 0. The molecule has 0 aliphatic rings. The summed E-state index contributed by atoms with van der Waals surface area (Å²) in [6, 6.07) is 0. The molecule has 19 heavy (non-hydrogen) atoms. The van der Waals surface area contributed by atoms with Crippen molar-refractivity contribution in [3.05, 3.63) is 0 Å². The Bertz CT molecular complexity index is 279. The third-order valence-corrected chi connectivity index (χ3v) is 2.22. The lowest BCUT2D eigenvalue weighted by Crippen LogP contribution is -2.37. The largest absolute Gasteiger partial charge is 0.259 e. The summed E-state index contributed by atoms with van der Waals surface area (Å²) < 4.78 is 103. The zero-order chi connectivity index (χ0) is 15.5. The first-order valence-corrected chi connectivity index (χ1v) is 5.69. The molecule has 0 aliphatic carbocycles. The van der Waals surface area contributed by atoms with Crippen LogP contribution in [-0.2, 0) is 0 Å². The summed E-state index contributed by atoms with van der Waals surface area (Å²) in [5, 5.41) is 0. The first-order chi connectivity index (χ1) is 8.18. The van der Waals surface area contributed by atoms with Crippen molar-refractivity contribution < 1.29 is 35.1 Å². The zero-order valence-corrected chi connectivity index (χ0v) is 10.6. The molecule has 0 nitrogen and oxygen atoms in total. The minimum absolute atomic E-state index is 0.0908. The molecule has 0 fully saturated rings. The van der Waals surface area contributed by atoms with Crippen molar-refractivity contribution in [2.24, 2.45) is 0 Å². The van der Waals surface area contributed by atoms with E-state index >= 15 is 0 Å². The van der Waals surface area contributed by atoms with Crippen LogP contribution >= 0.6 is 0 Å². The van der Waals surface area contributed by atoms with Crippen LogP contribution < -0.4 is 0 Å². The average molecular weight is 300 g/mol. The lowest BCUT2D eigenvalue weighted by Gasteiger charge is -2.27. The first kappa shape index (κ1) is 18.4. The Labute approximate surface area is 106 Å². The predicted octanol–water partition coefficient (Wildman–Crippen LogP) is 5.52. The molecule has 0 heterocycles. The van der Waals surface area contributed by atoms with Gasteiger partial charge in [-0.25, -0.2) is 35.1 Å². The van der Waals surface area contributed by atoms with Crippen LogP contribution in [0.15, 0.2) is 0 Å². The van der Waals surface area contributed by atoms with Gasteiger partial charge in [-0.1, -0.05) is 13.3 Å². The van der Waals surface area contributed by atoms with Crippen LogP contribution in [0.2, 0.25) is 0 Å². The van der Waals surface area contributed by atoms with E-state index in [1.54, 1.807) is 0 Å². The second kappa shape index (κ2) is 5.83. The molecular formula is C11H16F8. The molecule has 0 unspecified atom stereocenters. The smallest absolute Gasteiger partial charge is 0.207 e. The second-order valence-electron chi connectivity index (χ2n) is 4.92. The minimum Gasteiger partial charge on any atom is -0.207 e. The fourth-order valence-corrected chi connectivity index (χ4v) is 1.79. The van der Waals surface area contributed by atoms with E-state index in [2.05, 4.69) is 0 Å². The molecule has 116 valence electrons. The molecule has 0 aromatic rings. The van der Waals surface area contributed by atoms with Gasteiger partial charge in [-0.3, -0.25) is 0 Å². The molecule has 0 rings (SSSR count). The highest BCUT2D eigenvalue weighted by Gasteiger charge is 2.51. The number of hydrogen-bond donors (Lipinski definition) is 0. The van der Waals surface area contributed by atoms with Crippen molar-refractivity contribution in [3.63, 3.8) is 0 Å². The normalized spacial score (nSPS) is 14.8. The molecule has 8 heteroatoms. The highest BCUT2D eigenvalue weighted by molar-refractivity contribution is 4.85. The lowest BCUT2D eigenvalue weighted by molar-refractivity contribution is -0.177. The van der Waals surface area contributed by atoms with Crippen molar-refractivity contribution in [1.82, 2.24) is 0 Å². The maximum Gasteiger partial charge on any atom is 0.259 e. The molecule has 0 N–H and O–H groups in total. The molecular weight excluding hydrogens is 284 g/mol. The molecule has 0 radical (unpaired) electrons. The standard InChI is InChI=1S/C11H16F8/c1-3-4-9(14,15)6-11(18,19)7-10(16,17)5-8(2,12)13/h3-7H2,1-2H3. The molecule has 0 bridgehead atoms. The number of alkyl halides is 8. The van der Waals surface area contributed by atoms with Crippen molar-refractivity contribution in [2.45, 2.75) is 69.6 Å². The van der Waals surface area contributed by atoms with Gasteiger partial charge in [0.2, 0.25) is 0 Å². The number of rotatable bonds is 8. The van der Waals surface area contributed by atoms with Gasteiger partial charge in [-0.05, 0) is 6.92 Å². The summed E-state index contributed by atoms with van der Waals surface area (Å²) in [6.07, 6.45) is -7.40. The van der Waals surface area contributed by atoms with Crippen LogP contribution in [0.1, 0.15) is 46.0 Å². The van der Waals surface area contributed by atoms with Crippen LogP contribution in [0.3, 0.4) is 0 Å². The van der Waals surface area contributed by atoms with Crippen LogP contribution in [-0.4, -0.2) is 23.7 Å². The Balaban J connectivity index is 4.67. The van der Waals surface area contributed by atoms with Gasteiger partial charge < -0.3 is 0 Å². The molecule has 0 aromatic heterocycles. The average Bonchev–Trinajstić information content (AvgIpc) is 1.90. The highest BCUT2D eigenvalue weighted by atomic mass is 19.3. The maximum absolute atomic E-state index is 13.1. The monoisotopic (exact) mass is 300 g/mol. The van der Waals surface area contributed by atoms with Gasteiger partial charge in [0, 0.05) is 6.42 Å². The van der Waals surface area contributed by atoms with Crippen molar-refractivity contribution in [1.29, 1.82) is 0 Å². The summed E-state index contributed by atoms with van der Waals surface area (Å²) in [7, 11) is 0. The Morgan fingerprint density at radius 1 is 0.632 bits per heavy atom. The van der Waals surface area contributed by atoms with E-state index in [-0.39, 0.29) is 13.3 Å². The van der Waals surface area contributed by atoms with E-state index in [1.165, 1.54) is 6.92 Å². The van der Waals surface area contributed by atoms with Gasteiger partial charge >= 0.3 is 0 Å². The summed E-state index contributed by atoms with van der Waals surface area (Å²) in [5.74, 6) is -16.4. The van der Waals surface area contributed by atoms with Gasteiger partial charge in [-0.2, -0.15) is 0 Å². The minimum atomic E-state index is -4.40. The van der Waals surface area contributed by atoms with Gasteiger partial charge in [-0.15, -0.1) is 0 Å². The fourth-order valence-electron chi connectivity index (χ4n) is 1.79. The molecule has 0 saturated carbocycles. The number of hydrogen-bond acceptors (Lipinski definition) is 0. The van der Waals surface area contributed by atoms with Crippen molar-refractivity contribution in [2.75, 3.05) is 0 Å². The van der Waals surface area contributed by atoms with Gasteiger partial charge in [0.05, 0.1) is 19.3 Å². The van der Waals surface area contributed by atoms with E-state index < -0.39 is 49.4 Å². The SMILES string of the molecule is CCCC(F)(F)CC(F)(F)CC(F)(F)CC(C)(F)F. The quantitative estimate of drug-likeness (QED) is 0.518. The van der Waals surface area contributed by atoms with Crippen molar-refractivity contribution >= 4 is 0 Å². The Morgan fingerprint density at radius 2 is 1.00 bits per heavy atom. The second-order valence-corrected chi connectivity index (χ2v) is 4.92. The van der Waals surface area contributed by atoms with E-state index in [0.717, 1.165) is 0 Å². The number of halogens is 8. The molecule has 0 atom stereocenters. The Morgan fingerprint density at radius 3 is 1.37 bits per heavy atom. The van der Waals surface area contributed by atoms with E-state index in [4.69, 9.17) is 0 Å². The van der Waals surface area contributed by atoms with Gasteiger partial charge in [0.15, 0.2) is 0 Å². The van der Waals surface area contributed by atoms with Gasteiger partial charge in [0.25, 0.3) is 23.7 Å². The van der Waals surface area contributed by atoms with Crippen LogP contribution in [0, 0.1) is 0 Å². The molecule has 0 aromatic carbocycles. The van der Waals surface area contributed by atoms with E-state index in [9.17, 15) is 35.1 Å². The third-order valence-electron chi connectivity index (χ3n) is 2.22. The van der Waals surface area contributed by atoms with Crippen LogP contribution in [0.25, 0.3) is 0 Å². The zero-order valence-electron chi connectivity index (χ0n) is 10.6. The predicted molar refractivity (Wildman–Crippen MR) is 54.2 cm³/mol. The van der Waals surface area contributed by atoms with Crippen LogP contribution in [0.5, 0.6) is 0 Å². The summed E-state index contributed by atoms with van der Waals surface area (Å²) in [4.78, 5) is 0. The van der Waals surface area contributed by atoms with Gasteiger partial charge in [0.1, 0.15) is 0 Å². The van der Waals surface area contributed by atoms with E-state index in [1.807, 2.05) is 0 Å². The fraction of sp³-hybridized carbons (Fsp3) is 1.00. The Hall–Kier alpha value is -0.560. The molecule has 0 saturated heterocycles. The maximum atomic E-state index is 13.1. The van der Waals surface area contributed by atoms with E-state index in [0.29, 0.717) is 0 Å².